The lowest BCUT2D eigenvalue weighted by Crippen LogP contribution is -2.48. The number of methoxy groups -OCH3 is 1. The molecule has 2 aliphatic carbocycles. The lowest BCUT2D eigenvalue weighted by molar-refractivity contribution is -0.136. The third-order valence-electron chi connectivity index (χ3n) is 5.91. The first-order chi connectivity index (χ1) is 8.83. The van der Waals surface area contributed by atoms with Crippen LogP contribution >= 0.6 is 0 Å². The number of ether oxygens (including phenoxy) is 1. The van der Waals surface area contributed by atoms with E-state index in [1.807, 2.05) is 13.0 Å². The standard InChI is InChI=1S/C16H26O3/c1-11(14(17)19-4)6-5-9-15(2)12-7-8-13(10-12)16(15,3)18/h6,12-13,18H,5,7-10H2,1-4H3/b11-6-/t12-,13+,15+,16-/m0/s1. The minimum absolute atomic E-state index is 0.0111. The topological polar surface area (TPSA) is 46.5 Å². The van der Waals surface area contributed by atoms with Crippen LogP contribution in [0.25, 0.3) is 0 Å². The van der Waals surface area contributed by atoms with Gasteiger partial charge in [-0.05, 0) is 63.2 Å². The highest BCUT2D eigenvalue weighted by molar-refractivity contribution is 5.87. The number of aliphatic hydroxyl groups is 1. The highest BCUT2D eigenvalue weighted by Gasteiger charge is 2.61. The molecule has 0 aromatic carbocycles. The second-order valence-electron chi connectivity index (χ2n) is 6.69. The van der Waals surface area contributed by atoms with Crippen LogP contribution in [0.4, 0.5) is 0 Å². The second kappa shape index (κ2) is 4.93. The van der Waals surface area contributed by atoms with Crippen molar-refractivity contribution in [2.24, 2.45) is 17.3 Å². The first-order valence-corrected chi connectivity index (χ1v) is 7.30. The molecule has 0 aromatic rings. The van der Waals surface area contributed by atoms with Crippen LogP contribution in [0, 0.1) is 17.3 Å². The number of rotatable bonds is 4. The average molecular weight is 266 g/mol. The smallest absolute Gasteiger partial charge is 0.333 e. The molecule has 3 heteroatoms. The van der Waals surface area contributed by atoms with E-state index in [9.17, 15) is 9.90 Å². The Bertz CT molecular complexity index is 397. The van der Waals surface area contributed by atoms with Gasteiger partial charge in [-0.2, -0.15) is 0 Å². The fourth-order valence-electron chi connectivity index (χ4n) is 4.24. The van der Waals surface area contributed by atoms with Crippen molar-refractivity contribution in [3.05, 3.63) is 11.6 Å². The number of fused-ring (bicyclic) bond motifs is 2. The number of carbonyl (C=O) groups is 1. The molecular formula is C16H26O3. The molecule has 3 nitrogen and oxygen atoms in total. The van der Waals surface area contributed by atoms with E-state index >= 15 is 0 Å². The summed E-state index contributed by atoms with van der Waals surface area (Å²) in [6.07, 6.45) is 7.30. The van der Waals surface area contributed by atoms with Gasteiger partial charge in [0.2, 0.25) is 0 Å². The second-order valence-corrected chi connectivity index (χ2v) is 6.69. The number of esters is 1. The van der Waals surface area contributed by atoms with E-state index in [0.717, 1.165) is 12.8 Å². The molecule has 0 saturated heterocycles. The molecule has 0 heterocycles. The van der Waals surface area contributed by atoms with Crippen molar-refractivity contribution in [1.29, 1.82) is 0 Å². The van der Waals surface area contributed by atoms with Gasteiger partial charge in [0, 0.05) is 5.57 Å². The first-order valence-electron chi connectivity index (χ1n) is 7.30. The molecule has 1 N–H and O–H groups in total. The Kier molecular flexibility index (Phi) is 3.78. The first kappa shape index (κ1) is 14.6. The molecule has 4 atom stereocenters. The minimum Gasteiger partial charge on any atom is -0.466 e. The van der Waals surface area contributed by atoms with Gasteiger partial charge in [0.25, 0.3) is 0 Å². The van der Waals surface area contributed by atoms with Gasteiger partial charge in [-0.25, -0.2) is 4.79 Å². The maximum absolute atomic E-state index is 11.3. The predicted molar refractivity (Wildman–Crippen MR) is 74.6 cm³/mol. The maximum atomic E-state index is 11.3. The molecule has 0 aromatic heterocycles. The van der Waals surface area contributed by atoms with E-state index in [1.165, 1.54) is 26.4 Å². The van der Waals surface area contributed by atoms with Crippen LogP contribution in [0.1, 0.15) is 52.9 Å². The molecule has 0 amide bonds. The largest absolute Gasteiger partial charge is 0.466 e. The van der Waals surface area contributed by atoms with Gasteiger partial charge in [0.05, 0.1) is 12.7 Å². The third kappa shape index (κ3) is 2.22. The monoisotopic (exact) mass is 266 g/mol. The van der Waals surface area contributed by atoms with E-state index in [2.05, 4.69) is 6.92 Å². The summed E-state index contributed by atoms with van der Waals surface area (Å²) >= 11 is 0. The summed E-state index contributed by atoms with van der Waals surface area (Å²) in [5, 5.41) is 10.8. The van der Waals surface area contributed by atoms with Crippen LogP contribution < -0.4 is 0 Å². The van der Waals surface area contributed by atoms with Crippen molar-refractivity contribution < 1.29 is 14.6 Å². The zero-order valence-corrected chi connectivity index (χ0v) is 12.5. The predicted octanol–water partition coefficient (Wildman–Crippen LogP) is 3.07. The van der Waals surface area contributed by atoms with E-state index in [0.29, 0.717) is 17.4 Å². The lowest BCUT2D eigenvalue weighted by atomic mass is 9.63. The molecule has 19 heavy (non-hydrogen) atoms. The number of hydrogen-bond donors (Lipinski definition) is 1. The zero-order chi connectivity index (χ0) is 14.3. The van der Waals surface area contributed by atoms with Crippen LogP contribution in [-0.4, -0.2) is 23.8 Å². The van der Waals surface area contributed by atoms with Crippen molar-refractivity contribution in [2.75, 3.05) is 7.11 Å². The van der Waals surface area contributed by atoms with E-state index in [-0.39, 0.29) is 11.4 Å². The molecule has 2 rings (SSSR count). The number of hydrogen-bond acceptors (Lipinski definition) is 3. The van der Waals surface area contributed by atoms with Crippen LogP contribution in [-0.2, 0) is 9.53 Å². The summed E-state index contributed by atoms with van der Waals surface area (Å²) in [5.74, 6) is 0.845. The summed E-state index contributed by atoms with van der Waals surface area (Å²) in [5.41, 5.74) is 0.0973. The van der Waals surface area contributed by atoms with Crippen molar-refractivity contribution >= 4 is 5.97 Å². The van der Waals surface area contributed by atoms with Crippen molar-refractivity contribution in [3.8, 4) is 0 Å². The third-order valence-corrected chi connectivity index (χ3v) is 5.91. The Morgan fingerprint density at radius 2 is 2.00 bits per heavy atom. The summed E-state index contributed by atoms with van der Waals surface area (Å²) in [7, 11) is 1.40. The highest BCUT2D eigenvalue weighted by atomic mass is 16.5. The zero-order valence-electron chi connectivity index (χ0n) is 12.5. The molecule has 2 fully saturated rings. The van der Waals surface area contributed by atoms with Gasteiger partial charge in [0.1, 0.15) is 0 Å². The SMILES string of the molecule is COC(=O)/C(C)=C\CC[C@]1(C)[C@H]2CC[C@H](C2)[C@]1(C)O. The Balaban J connectivity index is 2.01. The number of allylic oxidation sites excluding steroid dienone is 1. The minimum atomic E-state index is -0.553. The summed E-state index contributed by atoms with van der Waals surface area (Å²) in [6.45, 7) is 6.01. The fourth-order valence-corrected chi connectivity index (χ4v) is 4.24. The van der Waals surface area contributed by atoms with Gasteiger partial charge in [0.15, 0.2) is 0 Å². The fraction of sp³-hybridized carbons (Fsp3) is 0.812. The van der Waals surface area contributed by atoms with Crippen molar-refractivity contribution in [3.63, 3.8) is 0 Å². The van der Waals surface area contributed by atoms with E-state index in [1.54, 1.807) is 6.92 Å². The van der Waals surface area contributed by atoms with E-state index < -0.39 is 5.60 Å². The van der Waals surface area contributed by atoms with Gasteiger partial charge >= 0.3 is 5.97 Å². The van der Waals surface area contributed by atoms with Gasteiger partial charge in [-0.3, -0.25) is 0 Å². The quantitative estimate of drug-likeness (QED) is 0.628. The Hall–Kier alpha value is -0.830. The van der Waals surface area contributed by atoms with Crippen LogP contribution in [0.3, 0.4) is 0 Å². The van der Waals surface area contributed by atoms with E-state index in [4.69, 9.17) is 4.74 Å². The summed E-state index contributed by atoms with van der Waals surface area (Å²) in [4.78, 5) is 11.3. The molecule has 2 bridgehead atoms. The molecular weight excluding hydrogens is 240 g/mol. The van der Waals surface area contributed by atoms with Gasteiger partial charge < -0.3 is 9.84 Å². The molecule has 0 radical (unpaired) electrons. The maximum Gasteiger partial charge on any atom is 0.333 e. The molecule has 2 aliphatic rings. The summed E-state index contributed by atoms with van der Waals surface area (Å²) in [6, 6.07) is 0. The Labute approximate surface area is 116 Å². The van der Waals surface area contributed by atoms with Crippen LogP contribution in [0.5, 0.6) is 0 Å². The summed E-state index contributed by atoms with van der Waals surface area (Å²) < 4.78 is 4.69. The molecule has 0 unspecified atom stereocenters. The Morgan fingerprint density at radius 1 is 1.37 bits per heavy atom. The highest BCUT2D eigenvalue weighted by Crippen LogP contribution is 2.63. The van der Waals surface area contributed by atoms with Crippen LogP contribution in [0.15, 0.2) is 11.6 Å². The Morgan fingerprint density at radius 3 is 2.53 bits per heavy atom. The van der Waals surface area contributed by atoms with Crippen molar-refractivity contribution in [1.82, 2.24) is 0 Å². The number of carbonyl (C=O) groups excluding carboxylic acids is 1. The molecule has 0 spiro atoms. The molecule has 2 saturated carbocycles. The van der Waals surface area contributed by atoms with Crippen molar-refractivity contribution in [2.45, 2.75) is 58.5 Å². The van der Waals surface area contributed by atoms with Gasteiger partial charge in [-0.1, -0.05) is 13.0 Å². The lowest BCUT2D eigenvalue weighted by Gasteiger charge is -2.46. The molecule has 0 aliphatic heterocycles. The van der Waals surface area contributed by atoms with Gasteiger partial charge in [-0.15, -0.1) is 0 Å². The molecule has 108 valence electrons. The van der Waals surface area contributed by atoms with Crippen LogP contribution in [0.2, 0.25) is 0 Å². The average Bonchev–Trinajstić information content (AvgIpc) is 2.92. The normalized spacial score (nSPS) is 41.6.